The molecule has 2 aliphatic carbocycles. The minimum absolute atomic E-state index is 0.263. The summed E-state index contributed by atoms with van der Waals surface area (Å²) in [6.45, 7) is 2.31. The number of fused-ring (bicyclic) bond motifs is 1. The highest BCUT2D eigenvalue weighted by atomic mass is 32.1. The Kier molecular flexibility index (Phi) is 5.21. The second-order valence-corrected chi connectivity index (χ2v) is 8.12. The van der Waals surface area contributed by atoms with E-state index in [9.17, 15) is 4.79 Å². The normalized spacial score (nSPS) is 23.2. The first kappa shape index (κ1) is 16.7. The Balaban J connectivity index is 1.68. The number of aryl methyl sites for hydroxylation is 1. The van der Waals surface area contributed by atoms with E-state index in [-0.39, 0.29) is 5.97 Å². The molecule has 0 saturated heterocycles. The maximum atomic E-state index is 12.1. The molecule has 2 N–H and O–H groups in total. The molecule has 0 spiro atoms. The first-order chi connectivity index (χ1) is 11.1. The number of esters is 1. The van der Waals surface area contributed by atoms with E-state index in [0.717, 1.165) is 48.6 Å². The topological polar surface area (TPSA) is 50.4 Å². The van der Waals surface area contributed by atoms with Crippen LogP contribution in [0.15, 0.2) is 0 Å². The summed E-state index contributed by atoms with van der Waals surface area (Å²) in [5, 5.41) is 8.12. The summed E-state index contributed by atoms with van der Waals surface area (Å²) in [5.41, 5.74) is 1.84. The van der Waals surface area contributed by atoms with Gasteiger partial charge in [0.25, 0.3) is 0 Å². The monoisotopic (exact) mass is 352 g/mol. The van der Waals surface area contributed by atoms with Crippen LogP contribution in [0.4, 0.5) is 5.00 Å². The third-order valence-electron chi connectivity index (χ3n) is 4.89. The van der Waals surface area contributed by atoms with E-state index in [4.69, 9.17) is 17.0 Å². The van der Waals surface area contributed by atoms with Gasteiger partial charge in [-0.25, -0.2) is 4.79 Å². The number of carbonyl (C=O) groups is 1. The fourth-order valence-electron chi connectivity index (χ4n) is 3.54. The van der Waals surface area contributed by atoms with Crippen molar-refractivity contribution in [3.8, 4) is 0 Å². The van der Waals surface area contributed by atoms with Crippen molar-refractivity contribution in [1.82, 2.24) is 5.32 Å². The molecule has 1 aromatic heterocycles. The average molecular weight is 353 g/mol. The van der Waals surface area contributed by atoms with Crippen molar-refractivity contribution in [2.75, 3.05) is 12.4 Å². The number of rotatable bonds is 3. The summed E-state index contributed by atoms with van der Waals surface area (Å²) in [4.78, 5) is 13.4. The highest BCUT2D eigenvalue weighted by molar-refractivity contribution is 7.80. The van der Waals surface area contributed by atoms with Gasteiger partial charge in [0.15, 0.2) is 5.11 Å². The van der Waals surface area contributed by atoms with Crippen molar-refractivity contribution in [2.24, 2.45) is 5.92 Å². The Bertz CT molecular complexity index is 604. The van der Waals surface area contributed by atoms with Gasteiger partial charge in [0.05, 0.1) is 12.7 Å². The van der Waals surface area contributed by atoms with Crippen LogP contribution in [0.5, 0.6) is 0 Å². The van der Waals surface area contributed by atoms with Gasteiger partial charge in [-0.05, 0) is 68.6 Å². The van der Waals surface area contributed by atoms with E-state index in [2.05, 4.69) is 17.6 Å². The van der Waals surface area contributed by atoms with Gasteiger partial charge >= 0.3 is 5.97 Å². The molecule has 6 heteroatoms. The summed E-state index contributed by atoms with van der Waals surface area (Å²) in [6.07, 6.45) is 7.95. The fourth-order valence-corrected chi connectivity index (χ4v) is 5.15. The Morgan fingerprint density at radius 1 is 1.26 bits per heavy atom. The van der Waals surface area contributed by atoms with Gasteiger partial charge in [-0.3, -0.25) is 0 Å². The second-order valence-electron chi connectivity index (χ2n) is 6.61. The average Bonchev–Trinajstić information content (AvgIpc) is 3.09. The number of carbonyl (C=O) groups excluding carboxylic acids is 1. The highest BCUT2D eigenvalue weighted by Gasteiger charge is 2.28. The minimum atomic E-state index is -0.263. The van der Waals surface area contributed by atoms with E-state index in [1.807, 2.05) is 0 Å². The summed E-state index contributed by atoms with van der Waals surface area (Å²) in [6, 6.07) is 0.444. The second kappa shape index (κ2) is 7.18. The zero-order chi connectivity index (χ0) is 16.4. The molecule has 1 heterocycles. The van der Waals surface area contributed by atoms with Crippen molar-refractivity contribution in [1.29, 1.82) is 0 Å². The number of thiocarbonyl (C=S) groups is 1. The van der Waals surface area contributed by atoms with E-state index in [1.54, 1.807) is 11.3 Å². The number of hydrogen-bond acceptors (Lipinski definition) is 4. The van der Waals surface area contributed by atoms with Crippen LogP contribution in [0.1, 0.15) is 59.8 Å². The molecule has 0 atom stereocenters. The van der Waals surface area contributed by atoms with E-state index in [0.29, 0.717) is 16.7 Å². The van der Waals surface area contributed by atoms with Crippen molar-refractivity contribution in [3.63, 3.8) is 0 Å². The number of anilines is 1. The minimum Gasteiger partial charge on any atom is -0.465 e. The summed E-state index contributed by atoms with van der Waals surface area (Å²) < 4.78 is 4.97. The number of ether oxygens (including phenoxy) is 1. The largest absolute Gasteiger partial charge is 0.465 e. The van der Waals surface area contributed by atoms with Gasteiger partial charge in [0, 0.05) is 10.9 Å². The first-order valence-electron chi connectivity index (χ1n) is 8.38. The van der Waals surface area contributed by atoms with Gasteiger partial charge in [-0.15, -0.1) is 11.3 Å². The number of hydrogen-bond donors (Lipinski definition) is 2. The van der Waals surface area contributed by atoms with Crippen molar-refractivity contribution < 1.29 is 9.53 Å². The number of methoxy groups -OCH3 is 1. The molecule has 0 bridgehead atoms. The quantitative estimate of drug-likeness (QED) is 0.638. The molecule has 0 aliphatic heterocycles. The highest BCUT2D eigenvalue weighted by Crippen LogP contribution is 2.39. The predicted octanol–water partition coefficient (Wildman–Crippen LogP) is 3.89. The van der Waals surface area contributed by atoms with Crippen LogP contribution in [0.3, 0.4) is 0 Å². The van der Waals surface area contributed by atoms with E-state index < -0.39 is 0 Å². The maximum absolute atomic E-state index is 12.1. The van der Waals surface area contributed by atoms with Gasteiger partial charge < -0.3 is 15.4 Å². The molecule has 0 unspecified atom stereocenters. The van der Waals surface area contributed by atoms with Crippen molar-refractivity contribution in [2.45, 2.75) is 57.9 Å². The van der Waals surface area contributed by atoms with Gasteiger partial charge in [0.2, 0.25) is 0 Å². The molecule has 1 fully saturated rings. The third-order valence-corrected chi connectivity index (χ3v) is 6.32. The van der Waals surface area contributed by atoms with Crippen LogP contribution >= 0.6 is 23.6 Å². The van der Waals surface area contributed by atoms with Crippen LogP contribution in [-0.4, -0.2) is 24.2 Å². The molecule has 23 heavy (non-hydrogen) atoms. The van der Waals surface area contributed by atoms with E-state index in [1.165, 1.54) is 24.8 Å². The van der Waals surface area contributed by atoms with Crippen LogP contribution in [-0.2, 0) is 17.6 Å². The molecule has 0 amide bonds. The fraction of sp³-hybridized carbons (Fsp3) is 0.647. The molecule has 1 saturated carbocycles. The Hall–Kier alpha value is -1.14. The van der Waals surface area contributed by atoms with E-state index >= 15 is 0 Å². The van der Waals surface area contributed by atoms with Crippen LogP contribution < -0.4 is 10.6 Å². The number of nitrogens with one attached hydrogen (secondary N) is 2. The molecule has 0 radical (unpaired) electrons. The molecule has 0 aromatic carbocycles. The molecular formula is C17H24N2O2S2. The Labute approximate surface area is 147 Å². The lowest BCUT2D eigenvalue weighted by Gasteiger charge is -2.28. The van der Waals surface area contributed by atoms with Gasteiger partial charge in [-0.2, -0.15) is 0 Å². The summed E-state index contributed by atoms with van der Waals surface area (Å²) in [7, 11) is 1.44. The smallest absolute Gasteiger partial charge is 0.341 e. The molecule has 3 rings (SSSR count). The lowest BCUT2D eigenvalue weighted by molar-refractivity contribution is 0.0601. The summed E-state index contributed by atoms with van der Waals surface area (Å²) in [5.74, 6) is 0.557. The molecule has 2 aliphatic rings. The van der Waals surface area contributed by atoms with Crippen LogP contribution in [0, 0.1) is 5.92 Å². The maximum Gasteiger partial charge on any atom is 0.341 e. The standard InChI is InChI=1S/C17H24N2O2S2/c1-10-6-8-11(9-7-10)18-17(22)19-15-14(16(20)21-2)12-4-3-5-13(12)23-15/h10-11H,3-9H2,1-2H3,(H2,18,19,22). The molecule has 126 valence electrons. The molecular weight excluding hydrogens is 328 g/mol. The zero-order valence-electron chi connectivity index (χ0n) is 13.7. The molecule has 1 aromatic rings. The summed E-state index contributed by atoms with van der Waals surface area (Å²) >= 11 is 7.11. The predicted molar refractivity (Wildman–Crippen MR) is 98.5 cm³/mol. The SMILES string of the molecule is COC(=O)c1c(NC(=S)NC2CCC(C)CC2)sc2c1CCC2. The van der Waals surface area contributed by atoms with Gasteiger partial charge in [-0.1, -0.05) is 6.92 Å². The van der Waals surface area contributed by atoms with Crippen LogP contribution in [0.2, 0.25) is 0 Å². The Morgan fingerprint density at radius 3 is 2.70 bits per heavy atom. The van der Waals surface area contributed by atoms with Crippen molar-refractivity contribution in [3.05, 3.63) is 16.0 Å². The Morgan fingerprint density at radius 2 is 2.00 bits per heavy atom. The van der Waals surface area contributed by atoms with Gasteiger partial charge in [0.1, 0.15) is 5.00 Å². The zero-order valence-corrected chi connectivity index (χ0v) is 15.4. The lowest BCUT2D eigenvalue weighted by Crippen LogP contribution is -2.39. The van der Waals surface area contributed by atoms with Crippen molar-refractivity contribution >= 4 is 39.6 Å². The first-order valence-corrected chi connectivity index (χ1v) is 9.61. The third kappa shape index (κ3) is 3.69. The molecule has 4 nitrogen and oxygen atoms in total. The number of thiophene rings is 1. The van der Waals surface area contributed by atoms with Crippen LogP contribution in [0.25, 0.3) is 0 Å². The lowest BCUT2D eigenvalue weighted by atomic mass is 9.87.